The monoisotopic (exact) mass is 311 g/mol. The van der Waals surface area contributed by atoms with Gasteiger partial charge in [-0.3, -0.25) is 4.79 Å². The maximum atomic E-state index is 11.6. The molecule has 5 nitrogen and oxygen atoms in total. The van der Waals surface area contributed by atoms with Crippen LogP contribution in [0.1, 0.15) is 6.42 Å². The smallest absolute Gasteiger partial charge is 0.257 e. The van der Waals surface area contributed by atoms with Gasteiger partial charge in [0.15, 0.2) is 6.61 Å². The van der Waals surface area contributed by atoms with Crippen molar-refractivity contribution in [3.63, 3.8) is 0 Å². The Morgan fingerprint density at radius 3 is 2.71 bits per heavy atom. The van der Waals surface area contributed by atoms with Crippen molar-refractivity contribution >= 4 is 17.5 Å². The minimum Gasteiger partial charge on any atom is -0.484 e. The molecule has 1 aromatic rings. The summed E-state index contributed by atoms with van der Waals surface area (Å²) in [5.74, 6) is 0.556. The second-order valence-corrected chi connectivity index (χ2v) is 5.47. The van der Waals surface area contributed by atoms with Crippen LogP contribution >= 0.6 is 11.6 Å². The van der Waals surface area contributed by atoms with Crippen LogP contribution < -0.4 is 15.4 Å². The van der Waals surface area contributed by atoms with E-state index >= 15 is 0 Å². The molecule has 0 bridgehead atoms. The molecule has 1 heterocycles. The van der Waals surface area contributed by atoms with E-state index < -0.39 is 0 Å². The number of nitrogens with one attached hydrogen (secondary N) is 2. The van der Waals surface area contributed by atoms with E-state index in [-0.39, 0.29) is 12.5 Å². The summed E-state index contributed by atoms with van der Waals surface area (Å²) in [6.45, 7) is 6.05. The summed E-state index contributed by atoms with van der Waals surface area (Å²) in [5, 5.41) is 6.85. The lowest BCUT2D eigenvalue weighted by Crippen LogP contribution is -2.44. The van der Waals surface area contributed by atoms with Crippen LogP contribution in [-0.2, 0) is 4.79 Å². The number of nitrogens with zero attached hydrogens (tertiary/aromatic N) is 1. The summed E-state index contributed by atoms with van der Waals surface area (Å²) in [4.78, 5) is 14.1. The molecule has 1 saturated heterocycles. The summed E-state index contributed by atoms with van der Waals surface area (Å²) in [6.07, 6.45) is 0.965. The Hall–Kier alpha value is -1.30. The Labute approximate surface area is 130 Å². The van der Waals surface area contributed by atoms with Gasteiger partial charge in [0, 0.05) is 37.7 Å². The molecule has 0 radical (unpaired) electrons. The van der Waals surface area contributed by atoms with Crippen molar-refractivity contribution in [1.82, 2.24) is 15.5 Å². The minimum atomic E-state index is -0.0924. The van der Waals surface area contributed by atoms with Gasteiger partial charge in [-0.25, -0.2) is 0 Å². The molecule has 0 atom stereocenters. The van der Waals surface area contributed by atoms with Crippen molar-refractivity contribution in [3.05, 3.63) is 29.3 Å². The molecule has 0 spiro atoms. The predicted octanol–water partition coefficient (Wildman–Crippen LogP) is 1.13. The van der Waals surface area contributed by atoms with Gasteiger partial charge in [-0.15, -0.1) is 0 Å². The molecule has 0 unspecified atom stereocenters. The van der Waals surface area contributed by atoms with Crippen LogP contribution in [0.15, 0.2) is 24.3 Å². The highest BCUT2D eigenvalue weighted by molar-refractivity contribution is 6.30. The first-order chi connectivity index (χ1) is 10.2. The molecule has 0 aromatic heterocycles. The van der Waals surface area contributed by atoms with Gasteiger partial charge >= 0.3 is 0 Å². The fourth-order valence-electron chi connectivity index (χ4n) is 2.20. The summed E-state index contributed by atoms with van der Waals surface area (Å²) >= 11 is 5.78. The molecule has 2 N–H and O–H groups in total. The zero-order chi connectivity index (χ0) is 14.9. The average Bonchev–Trinajstić information content (AvgIpc) is 2.52. The van der Waals surface area contributed by atoms with Crippen LogP contribution in [-0.4, -0.2) is 56.7 Å². The lowest BCUT2D eigenvalue weighted by molar-refractivity contribution is -0.123. The maximum Gasteiger partial charge on any atom is 0.257 e. The molecule has 2 rings (SSSR count). The molecule has 1 aliphatic rings. The third kappa shape index (κ3) is 6.33. The largest absolute Gasteiger partial charge is 0.484 e. The number of ether oxygens (including phenoxy) is 1. The fraction of sp³-hybridized carbons (Fsp3) is 0.533. The van der Waals surface area contributed by atoms with Gasteiger partial charge in [-0.1, -0.05) is 11.6 Å². The maximum absolute atomic E-state index is 11.6. The third-order valence-electron chi connectivity index (χ3n) is 3.37. The second kappa shape index (κ2) is 8.87. The quantitative estimate of drug-likeness (QED) is 0.741. The molecule has 0 aliphatic carbocycles. The van der Waals surface area contributed by atoms with Crippen molar-refractivity contribution in [2.45, 2.75) is 6.42 Å². The third-order valence-corrected chi connectivity index (χ3v) is 3.62. The minimum absolute atomic E-state index is 0.0370. The van der Waals surface area contributed by atoms with E-state index in [2.05, 4.69) is 15.5 Å². The van der Waals surface area contributed by atoms with E-state index in [1.54, 1.807) is 24.3 Å². The highest BCUT2D eigenvalue weighted by Gasteiger charge is 2.08. The number of piperazine rings is 1. The Morgan fingerprint density at radius 1 is 1.29 bits per heavy atom. The van der Waals surface area contributed by atoms with Crippen molar-refractivity contribution in [2.24, 2.45) is 0 Å². The van der Waals surface area contributed by atoms with Gasteiger partial charge in [0.25, 0.3) is 5.91 Å². The number of rotatable bonds is 7. The van der Waals surface area contributed by atoms with Crippen LogP contribution in [0.5, 0.6) is 5.75 Å². The van der Waals surface area contributed by atoms with Crippen molar-refractivity contribution < 1.29 is 9.53 Å². The zero-order valence-corrected chi connectivity index (χ0v) is 12.9. The first-order valence-electron chi connectivity index (χ1n) is 7.32. The molecule has 1 amide bonds. The van der Waals surface area contributed by atoms with E-state index in [4.69, 9.17) is 16.3 Å². The van der Waals surface area contributed by atoms with Gasteiger partial charge in [-0.05, 0) is 37.2 Å². The average molecular weight is 312 g/mol. The summed E-state index contributed by atoms with van der Waals surface area (Å²) in [7, 11) is 0. The lowest BCUT2D eigenvalue weighted by atomic mass is 10.3. The Kier molecular flexibility index (Phi) is 6.79. The number of amides is 1. The number of hydrogen-bond acceptors (Lipinski definition) is 4. The number of carbonyl (C=O) groups is 1. The second-order valence-electron chi connectivity index (χ2n) is 5.04. The first-order valence-corrected chi connectivity index (χ1v) is 7.70. The first kappa shape index (κ1) is 16.1. The van der Waals surface area contributed by atoms with Crippen molar-refractivity contribution in [3.8, 4) is 5.75 Å². The molecular formula is C15H22ClN3O2. The summed E-state index contributed by atoms with van der Waals surface area (Å²) < 4.78 is 5.38. The Morgan fingerprint density at radius 2 is 2.00 bits per heavy atom. The number of carbonyl (C=O) groups excluding carboxylic acids is 1. The molecule has 1 fully saturated rings. The number of benzene rings is 1. The van der Waals surface area contributed by atoms with Crippen LogP contribution in [0, 0.1) is 0 Å². The molecule has 6 heteroatoms. The molecule has 1 aliphatic heterocycles. The van der Waals surface area contributed by atoms with Crippen LogP contribution in [0.4, 0.5) is 0 Å². The molecule has 1 aromatic carbocycles. The Bertz CT molecular complexity index is 433. The predicted molar refractivity (Wildman–Crippen MR) is 83.9 cm³/mol. The van der Waals surface area contributed by atoms with E-state index in [9.17, 15) is 4.79 Å². The fourth-order valence-corrected chi connectivity index (χ4v) is 2.32. The number of halogens is 1. The standard InChI is InChI=1S/C15H22ClN3O2/c16-13-2-4-14(5-3-13)21-12-15(20)18-6-1-9-19-10-7-17-8-11-19/h2-5,17H,1,6-12H2,(H,18,20). The topological polar surface area (TPSA) is 53.6 Å². The van der Waals surface area contributed by atoms with Crippen LogP contribution in [0.2, 0.25) is 5.02 Å². The normalized spacial score (nSPS) is 15.7. The highest BCUT2D eigenvalue weighted by atomic mass is 35.5. The van der Waals surface area contributed by atoms with Gasteiger partial charge < -0.3 is 20.3 Å². The van der Waals surface area contributed by atoms with Gasteiger partial charge in [-0.2, -0.15) is 0 Å². The van der Waals surface area contributed by atoms with Crippen LogP contribution in [0.3, 0.4) is 0 Å². The van der Waals surface area contributed by atoms with E-state index in [0.29, 0.717) is 17.3 Å². The van der Waals surface area contributed by atoms with E-state index in [1.807, 2.05) is 0 Å². The van der Waals surface area contributed by atoms with Crippen LogP contribution in [0.25, 0.3) is 0 Å². The number of hydrogen-bond donors (Lipinski definition) is 2. The molecular weight excluding hydrogens is 290 g/mol. The van der Waals surface area contributed by atoms with Gasteiger partial charge in [0.2, 0.25) is 0 Å². The SMILES string of the molecule is O=C(COc1ccc(Cl)cc1)NCCCN1CCNCC1. The van der Waals surface area contributed by atoms with E-state index in [1.165, 1.54) is 0 Å². The van der Waals surface area contributed by atoms with Gasteiger partial charge in [0.1, 0.15) is 5.75 Å². The summed E-state index contributed by atoms with van der Waals surface area (Å²) in [6, 6.07) is 6.98. The summed E-state index contributed by atoms with van der Waals surface area (Å²) in [5.41, 5.74) is 0. The molecule has 116 valence electrons. The molecule has 21 heavy (non-hydrogen) atoms. The zero-order valence-electron chi connectivity index (χ0n) is 12.1. The van der Waals surface area contributed by atoms with Gasteiger partial charge in [0.05, 0.1) is 0 Å². The Balaban J connectivity index is 1.54. The van der Waals surface area contributed by atoms with E-state index in [0.717, 1.165) is 39.1 Å². The molecule has 0 saturated carbocycles. The van der Waals surface area contributed by atoms with Crippen molar-refractivity contribution in [2.75, 3.05) is 45.9 Å². The highest BCUT2D eigenvalue weighted by Crippen LogP contribution is 2.15. The van der Waals surface area contributed by atoms with Crippen molar-refractivity contribution in [1.29, 1.82) is 0 Å². The lowest BCUT2D eigenvalue weighted by Gasteiger charge is -2.27.